The molecule has 2 heterocycles. The van der Waals surface area contributed by atoms with E-state index in [1.807, 2.05) is 30.3 Å². The molecule has 4 N–H and O–H groups in total. The molecule has 0 unspecified atom stereocenters. The fraction of sp³-hybridized carbons (Fsp3) is 0. The molecule has 0 radical (unpaired) electrons. The third-order valence-corrected chi connectivity index (χ3v) is 2.64. The number of benzene rings is 1. The van der Waals surface area contributed by atoms with Crippen molar-refractivity contribution in [1.29, 1.82) is 5.26 Å². The zero-order valence-electron chi connectivity index (χ0n) is 8.75. The van der Waals surface area contributed by atoms with Crippen molar-refractivity contribution in [3.8, 4) is 6.07 Å². The Kier molecular flexibility index (Phi) is 1.71. The summed E-state index contributed by atoms with van der Waals surface area (Å²) in [6, 6.07) is 9.37. The van der Waals surface area contributed by atoms with Crippen LogP contribution in [-0.2, 0) is 0 Å². The monoisotopic (exact) mass is 224 g/mol. The largest absolute Gasteiger partial charge is 0.382 e. The van der Waals surface area contributed by atoms with Crippen molar-refractivity contribution in [3.05, 3.63) is 29.8 Å². The molecule has 0 aliphatic rings. The normalized spacial score (nSPS) is 10.8. The number of hydrogen-bond acceptors (Lipinski definition) is 5. The van der Waals surface area contributed by atoms with Gasteiger partial charge < -0.3 is 11.6 Å². The van der Waals surface area contributed by atoms with Crippen LogP contribution >= 0.6 is 0 Å². The van der Waals surface area contributed by atoms with E-state index in [9.17, 15) is 0 Å². The van der Waals surface area contributed by atoms with Gasteiger partial charge in [0.05, 0.1) is 11.0 Å². The van der Waals surface area contributed by atoms with Gasteiger partial charge in [-0.15, -0.1) is 0 Å². The van der Waals surface area contributed by atoms with Crippen molar-refractivity contribution in [1.82, 2.24) is 14.6 Å². The van der Waals surface area contributed by atoms with Gasteiger partial charge in [0.1, 0.15) is 23.0 Å². The van der Waals surface area contributed by atoms with E-state index in [2.05, 4.69) is 9.97 Å². The molecule has 0 saturated heterocycles. The second-order valence-electron chi connectivity index (χ2n) is 3.63. The number of nitrogens with zero attached hydrogens (tertiary/aromatic N) is 4. The molecule has 1 aromatic carbocycles. The topological polar surface area (TPSA) is 107 Å². The Morgan fingerprint density at radius 2 is 1.82 bits per heavy atom. The summed E-state index contributed by atoms with van der Waals surface area (Å²) in [5.74, 6) is 5.92. The van der Waals surface area contributed by atoms with Crippen molar-refractivity contribution >= 4 is 28.0 Å². The molecule has 0 aliphatic heterocycles. The lowest BCUT2D eigenvalue weighted by Crippen LogP contribution is -2.12. The van der Waals surface area contributed by atoms with E-state index in [1.54, 1.807) is 0 Å². The lowest BCUT2D eigenvalue weighted by molar-refractivity contribution is 1.05. The van der Waals surface area contributed by atoms with Crippen molar-refractivity contribution in [2.75, 3.05) is 11.6 Å². The number of para-hydroxylation sites is 2. The van der Waals surface area contributed by atoms with Gasteiger partial charge in [0.25, 0.3) is 0 Å². The summed E-state index contributed by atoms with van der Waals surface area (Å²) >= 11 is 0. The fourth-order valence-electron chi connectivity index (χ4n) is 1.79. The number of anilines is 1. The van der Waals surface area contributed by atoms with E-state index >= 15 is 0 Å². The molecule has 0 atom stereocenters. The molecular formula is C11H8N6. The number of nitrogen functional groups attached to an aromatic ring is 2. The van der Waals surface area contributed by atoms with Gasteiger partial charge in [-0.25, -0.2) is 14.6 Å². The van der Waals surface area contributed by atoms with Crippen LogP contribution in [0.4, 0.5) is 5.82 Å². The van der Waals surface area contributed by atoms with Gasteiger partial charge >= 0.3 is 0 Å². The summed E-state index contributed by atoms with van der Waals surface area (Å²) in [5.41, 5.74) is 8.27. The SMILES string of the molecule is N#Cc1c(N)n(N)c2nc3ccccc3nc12. The average Bonchev–Trinajstić information content (AvgIpc) is 2.59. The number of rotatable bonds is 0. The Morgan fingerprint density at radius 1 is 1.18 bits per heavy atom. The first-order valence-electron chi connectivity index (χ1n) is 4.94. The Hall–Kier alpha value is -2.81. The van der Waals surface area contributed by atoms with Crippen LogP contribution in [0.25, 0.3) is 22.2 Å². The number of hydrogen-bond donors (Lipinski definition) is 2. The quantitative estimate of drug-likeness (QED) is 0.548. The van der Waals surface area contributed by atoms with E-state index in [4.69, 9.17) is 16.8 Å². The summed E-state index contributed by atoms with van der Waals surface area (Å²) in [5, 5.41) is 9.04. The Balaban J connectivity index is 2.57. The fourth-order valence-corrected chi connectivity index (χ4v) is 1.79. The molecule has 2 aromatic heterocycles. The first-order valence-corrected chi connectivity index (χ1v) is 4.94. The smallest absolute Gasteiger partial charge is 0.181 e. The molecule has 6 nitrogen and oxygen atoms in total. The number of nitrogens with two attached hydrogens (primary N) is 2. The minimum absolute atomic E-state index is 0.179. The van der Waals surface area contributed by atoms with Crippen molar-refractivity contribution in [2.45, 2.75) is 0 Å². The van der Waals surface area contributed by atoms with Crippen LogP contribution in [0.5, 0.6) is 0 Å². The molecule has 0 fully saturated rings. The molecule has 0 aliphatic carbocycles. The Morgan fingerprint density at radius 3 is 2.47 bits per heavy atom. The van der Waals surface area contributed by atoms with E-state index < -0.39 is 0 Å². The number of nitriles is 1. The first-order chi connectivity index (χ1) is 8.22. The molecule has 0 bridgehead atoms. The molecule has 17 heavy (non-hydrogen) atoms. The molecule has 0 spiro atoms. The molecule has 6 heteroatoms. The van der Waals surface area contributed by atoms with Gasteiger partial charge in [-0.05, 0) is 12.1 Å². The predicted molar refractivity (Wildman–Crippen MR) is 64.3 cm³/mol. The van der Waals surface area contributed by atoms with E-state index in [1.165, 1.54) is 4.68 Å². The summed E-state index contributed by atoms with van der Waals surface area (Å²) in [6.07, 6.45) is 0. The zero-order chi connectivity index (χ0) is 12.0. The zero-order valence-corrected chi connectivity index (χ0v) is 8.75. The highest BCUT2D eigenvalue weighted by molar-refractivity contribution is 5.92. The van der Waals surface area contributed by atoms with Gasteiger partial charge in [-0.2, -0.15) is 5.26 Å². The summed E-state index contributed by atoms with van der Waals surface area (Å²) in [7, 11) is 0. The minimum Gasteiger partial charge on any atom is -0.382 e. The Bertz CT molecular complexity index is 780. The van der Waals surface area contributed by atoms with Crippen LogP contribution in [-0.4, -0.2) is 14.6 Å². The molecule has 82 valence electrons. The maximum absolute atomic E-state index is 9.04. The molecule has 3 aromatic rings. The average molecular weight is 224 g/mol. The lowest BCUT2D eigenvalue weighted by atomic mass is 10.2. The first kappa shape index (κ1) is 9.42. The minimum atomic E-state index is 0.179. The predicted octanol–water partition coefficient (Wildman–Crippen LogP) is 0.752. The second-order valence-corrected chi connectivity index (χ2v) is 3.63. The van der Waals surface area contributed by atoms with Crippen molar-refractivity contribution < 1.29 is 0 Å². The third-order valence-electron chi connectivity index (χ3n) is 2.64. The van der Waals surface area contributed by atoms with Gasteiger partial charge in [0.15, 0.2) is 5.65 Å². The van der Waals surface area contributed by atoms with Crippen molar-refractivity contribution in [3.63, 3.8) is 0 Å². The van der Waals surface area contributed by atoms with E-state index in [0.29, 0.717) is 22.2 Å². The lowest BCUT2D eigenvalue weighted by Gasteiger charge is -1.98. The highest BCUT2D eigenvalue weighted by Gasteiger charge is 2.16. The third kappa shape index (κ3) is 1.13. The van der Waals surface area contributed by atoms with Crippen LogP contribution in [0, 0.1) is 11.3 Å². The Labute approximate surface area is 96.1 Å². The van der Waals surface area contributed by atoms with Crippen LogP contribution < -0.4 is 11.6 Å². The highest BCUT2D eigenvalue weighted by atomic mass is 15.3. The van der Waals surface area contributed by atoms with E-state index in [-0.39, 0.29) is 11.4 Å². The van der Waals surface area contributed by atoms with Gasteiger partial charge in [-0.1, -0.05) is 12.1 Å². The molecular weight excluding hydrogens is 216 g/mol. The van der Waals surface area contributed by atoms with Crippen molar-refractivity contribution in [2.24, 2.45) is 0 Å². The summed E-state index contributed by atoms with van der Waals surface area (Å²) in [6.45, 7) is 0. The molecule has 3 rings (SSSR count). The van der Waals surface area contributed by atoms with Crippen LogP contribution in [0.2, 0.25) is 0 Å². The summed E-state index contributed by atoms with van der Waals surface area (Å²) < 4.78 is 1.19. The van der Waals surface area contributed by atoms with Gasteiger partial charge in [0.2, 0.25) is 0 Å². The number of fused-ring (bicyclic) bond motifs is 2. The van der Waals surface area contributed by atoms with Gasteiger partial charge in [0, 0.05) is 0 Å². The summed E-state index contributed by atoms with van der Waals surface area (Å²) in [4.78, 5) is 8.72. The van der Waals surface area contributed by atoms with Crippen LogP contribution in [0.3, 0.4) is 0 Å². The second kappa shape index (κ2) is 3.09. The number of aromatic nitrogens is 3. The maximum atomic E-state index is 9.04. The maximum Gasteiger partial charge on any atom is 0.181 e. The molecule has 0 amide bonds. The van der Waals surface area contributed by atoms with E-state index in [0.717, 1.165) is 0 Å². The van der Waals surface area contributed by atoms with Gasteiger partial charge in [-0.3, -0.25) is 0 Å². The van der Waals surface area contributed by atoms with Crippen LogP contribution in [0.15, 0.2) is 24.3 Å². The standard InChI is InChI=1S/C11H8N6/c12-5-6-9-11(17(14)10(6)13)16-8-4-2-1-3-7(8)15-9/h1-4H,13-14H2. The van der Waals surface area contributed by atoms with Crippen LogP contribution in [0.1, 0.15) is 5.56 Å². The highest BCUT2D eigenvalue weighted by Crippen LogP contribution is 2.24. The molecule has 0 saturated carbocycles.